The van der Waals surface area contributed by atoms with Gasteiger partial charge in [0, 0.05) is 49.2 Å². The van der Waals surface area contributed by atoms with Crippen molar-refractivity contribution in [3.63, 3.8) is 0 Å². The molecule has 2 fully saturated rings. The first-order valence-electron chi connectivity index (χ1n) is 22.8. The first-order valence-corrected chi connectivity index (χ1v) is 22.8. The van der Waals surface area contributed by atoms with Crippen LogP contribution < -0.4 is 31.5 Å². The number of nitrogens with one attached hydrogen (secondary N) is 5. The average molecular weight is 934 g/mol. The molecule has 2 aromatic carbocycles. The number of aldehydes is 1. The van der Waals surface area contributed by atoms with Gasteiger partial charge in [-0.15, -0.1) is 0 Å². The second-order valence-corrected chi connectivity index (χ2v) is 16.0. The molecule has 2 aliphatic heterocycles. The summed E-state index contributed by atoms with van der Waals surface area (Å²) in [5.41, 5.74) is 2.55. The first-order chi connectivity index (χ1) is 31.4. The number of likely N-dealkylation sites (tertiary alicyclic amines) is 1. The lowest BCUT2D eigenvalue weighted by Gasteiger charge is -2.35. The molecule has 0 aromatic heterocycles. The van der Waals surface area contributed by atoms with E-state index in [2.05, 4.69) is 83.8 Å². The molecule has 2 aromatic rings. The summed E-state index contributed by atoms with van der Waals surface area (Å²) in [5, 5.41) is 21.4. The number of halogens is 3. The van der Waals surface area contributed by atoms with Gasteiger partial charge < -0.3 is 51.0 Å². The van der Waals surface area contributed by atoms with Crippen molar-refractivity contribution >= 4 is 42.0 Å². The molecule has 2 saturated heterocycles. The number of anilines is 2. The van der Waals surface area contributed by atoms with Gasteiger partial charge in [-0.3, -0.25) is 14.4 Å². The number of carboxylic acid groups (broad SMARTS) is 1. The minimum Gasteiger partial charge on any atom is -0.483 e. The molecule has 2 heterocycles. The average Bonchev–Trinajstić information content (AvgIpc) is 3.98. The van der Waals surface area contributed by atoms with Crippen molar-refractivity contribution in [1.82, 2.24) is 26.2 Å². The largest absolute Gasteiger partial charge is 0.483 e. The molecule has 4 rings (SSSR count). The number of allylic oxidation sites excluding steroid dienone is 2. The molecular formula is C49H78F3N7O7. The highest BCUT2D eigenvalue weighted by atomic mass is 19.4. The maximum Gasteiger partial charge on any atom is 0.416 e. The minimum absolute atomic E-state index is 0.0480. The van der Waals surface area contributed by atoms with Crippen LogP contribution in [0, 0.1) is 11.8 Å². The number of benzene rings is 2. The van der Waals surface area contributed by atoms with Crippen LogP contribution in [0.25, 0.3) is 0 Å². The van der Waals surface area contributed by atoms with E-state index in [-0.39, 0.29) is 42.8 Å². The molecule has 0 aliphatic carbocycles. The molecule has 3 amide bonds. The molecule has 0 bridgehead atoms. The highest BCUT2D eigenvalue weighted by Crippen LogP contribution is 2.43. The molecule has 66 heavy (non-hydrogen) atoms. The van der Waals surface area contributed by atoms with Crippen molar-refractivity contribution in [3.05, 3.63) is 83.6 Å². The number of hydrogen-bond donors (Lipinski definition) is 6. The predicted molar refractivity (Wildman–Crippen MR) is 258 cm³/mol. The molecular weight excluding hydrogens is 856 g/mol. The summed E-state index contributed by atoms with van der Waals surface area (Å²) in [7, 11) is 6.90. The van der Waals surface area contributed by atoms with Crippen molar-refractivity contribution in [2.24, 2.45) is 11.8 Å². The van der Waals surface area contributed by atoms with Gasteiger partial charge in [0.1, 0.15) is 18.9 Å². The van der Waals surface area contributed by atoms with E-state index >= 15 is 0 Å². The Hall–Kier alpha value is -5.42. The van der Waals surface area contributed by atoms with Gasteiger partial charge in [0.15, 0.2) is 0 Å². The molecule has 17 heteroatoms. The van der Waals surface area contributed by atoms with Gasteiger partial charge >= 0.3 is 12.3 Å². The zero-order chi connectivity index (χ0) is 50.2. The van der Waals surface area contributed by atoms with Crippen LogP contribution in [-0.2, 0) is 30.1 Å². The Labute approximate surface area is 391 Å². The van der Waals surface area contributed by atoms with Crippen molar-refractivity contribution in [1.29, 1.82) is 0 Å². The summed E-state index contributed by atoms with van der Waals surface area (Å²) >= 11 is 0. The first kappa shape index (κ1) is 60.6. The van der Waals surface area contributed by atoms with Crippen molar-refractivity contribution < 1.29 is 47.0 Å². The van der Waals surface area contributed by atoms with E-state index in [4.69, 9.17) is 9.90 Å². The number of ether oxygens (including phenoxy) is 1. The molecule has 2 aliphatic rings. The van der Waals surface area contributed by atoms with E-state index in [0.29, 0.717) is 49.1 Å². The van der Waals surface area contributed by atoms with E-state index < -0.39 is 23.9 Å². The number of carbonyl (C=O) groups excluding carboxylic acids is 4. The summed E-state index contributed by atoms with van der Waals surface area (Å²) in [6.45, 7) is 15.7. The zero-order valence-electron chi connectivity index (χ0n) is 41.0. The fourth-order valence-corrected chi connectivity index (χ4v) is 7.33. The fourth-order valence-electron chi connectivity index (χ4n) is 7.33. The summed E-state index contributed by atoms with van der Waals surface area (Å²) in [6, 6.07) is 12.5. The van der Waals surface area contributed by atoms with Crippen molar-refractivity contribution in [3.8, 4) is 0 Å². The molecule has 0 saturated carbocycles. The number of hydrogen-bond acceptors (Lipinski definition) is 10. The predicted octanol–water partition coefficient (Wildman–Crippen LogP) is 8.57. The number of likely N-dealkylation sites (N-methyl/N-ethyl adjacent to an activating group) is 1. The molecule has 6 N–H and O–H groups in total. The normalized spacial score (nSPS) is 17.6. The molecule has 0 spiro atoms. The van der Waals surface area contributed by atoms with Crippen LogP contribution in [0.15, 0.2) is 72.5 Å². The van der Waals surface area contributed by atoms with E-state index in [0.717, 1.165) is 49.1 Å². The maximum atomic E-state index is 13.3. The molecule has 14 nitrogen and oxygen atoms in total. The number of alkyl carbamates (subject to hydrolysis) is 1. The Morgan fingerprint density at radius 1 is 0.939 bits per heavy atom. The van der Waals surface area contributed by atoms with Gasteiger partial charge in [-0.25, -0.2) is 4.79 Å². The van der Waals surface area contributed by atoms with Crippen LogP contribution in [0.3, 0.4) is 0 Å². The Morgan fingerprint density at radius 3 is 1.98 bits per heavy atom. The van der Waals surface area contributed by atoms with Gasteiger partial charge in [-0.05, 0) is 120 Å². The lowest BCUT2D eigenvalue weighted by molar-refractivity contribution is -0.137. The monoisotopic (exact) mass is 934 g/mol. The van der Waals surface area contributed by atoms with Gasteiger partial charge in [0.2, 0.25) is 11.8 Å². The highest BCUT2D eigenvalue weighted by molar-refractivity contribution is 5.98. The maximum absolute atomic E-state index is 13.3. The van der Waals surface area contributed by atoms with E-state index in [1.165, 1.54) is 24.9 Å². The molecule has 5 atom stereocenters. The number of methoxy groups -OCH3 is 1. The molecule has 3 unspecified atom stereocenters. The molecule has 0 radical (unpaired) electrons. The smallest absolute Gasteiger partial charge is 0.416 e. The lowest BCUT2D eigenvalue weighted by Crippen LogP contribution is -2.47. The van der Waals surface area contributed by atoms with Crippen LogP contribution in [0.2, 0.25) is 0 Å². The third-order valence-electron chi connectivity index (χ3n) is 10.7. The SMILES string of the molecule is C/C=C(\C=C/C(C)C1CC[C@H](c2ccc(NC(=O)[C@@H]3CCCN3C(=O)CNC(=O)OC)cc2)N1c1ccc(C(F)(F)F)cc1)NC.CCC.CCCNC.CNC(CC=O)C(C)C.O=CO. The Morgan fingerprint density at radius 2 is 1.55 bits per heavy atom. The van der Waals surface area contributed by atoms with Gasteiger partial charge in [-0.2, -0.15) is 13.2 Å². The fraction of sp³-hybridized carbons (Fsp3) is 0.571. The Kier molecular flexibility index (Phi) is 31.2. The topological polar surface area (TPSA) is 181 Å². The van der Waals surface area contributed by atoms with E-state index in [1.807, 2.05) is 52.4 Å². The van der Waals surface area contributed by atoms with Crippen LogP contribution in [-0.4, -0.2) is 107 Å². The van der Waals surface area contributed by atoms with E-state index in [9.17, 15) is 32.3 Å². The standard InChI is InChI=1S/C34H42F3N5O4.C7H15NO.C4H11N.C3H8.CH2O2/c1-5-25(38-3)13-8-22(2)28-18-19-29(42(28)27-16-11-24(12-17-27)34(35,36)37)23-9-14-26(15-10-23)40-32(44)30-7-6-20-41(30)31(43)21-39-33(45)46-4;1-6(2)7(8-3)4-5-9;1-3-4-5-2;1-3-2;2-1-3/h5,8-17,22,28-30,38H,6-7,18-21H2,1-4H3,(H,39,45)(H,40,44);5-8H,4H2,1-3H3;5H,3-4H2,1-2H3;3H2,1-2H3;1H,(H,2,3)/b13-8-,25-5+;;;;/t22?,28?,29-,30+;;;;/m1..../s1. The molecule has 372 valence electrons. The van der Waals surface area contributed by atoms with Crippen LogP contribution in [0.5, 0.6) is 0 Å². The van der Waals surface area contributed by atoms with E-state index in [1.54, 1.807) is 24.3 Å². The van der Waals surface area contributed by atoms with Crippen molar-refractivity contribution in [2.75, 3.05) is 58.1 Å². The van der Waals surface area contributed by atoms with Gasteiger partial charge in [0.25, 0.3) is 6.47 Å². The third kappa shape index (κ3) is 21.7. The van der Waals surface area contributed by atoms with Crippen LogP contribution in [0.1, 0.15) is 111 Å². The summed E-state index contributed by atoms with van der Waals surface area (Å²) < 4.78 is 44.6. The lowest BCUT2D eigenvalue weighted by atomic mass is 9.98. The Balaban J connectivity index is 0.00000177. The van der Waals surface area contributed by atoms with Crippen LogP contribution >= 0.6 is 0 Å². The van der Waals surface area contributed by atoms with Gasteiger partial charge in [-0.1, -0.05) is 72.2 Å². The summed E-state index contributed by atoms with van der Waals surface area (Å²) in [4.78, 5) is 59.2. The second kappa shape index (κ2) is 34.0. The quantitative estimate of drug-likeness (QED) is 0.0701. The number of carbonyl (C=O) groups is 5. The summed E-state index contributed by atoms with van der Waals surface area (Å²) in [5.74, 6) is -0.0320. The second-order valence-electron chi connectivity index (χ2n) is 16.0. The zero-order valence-corrected chi connectivity index (χ0v) is 41.0. The highest BCUT2D eigenvalue weighted by Gasteiger charge is 2.38. The number of alkyl halides is 3. The van der Waals surface area contributed by atoms with Crippen molar-refractivity contribution in [2.45, 2.75) is 124 Å². The summed E-state index contributed by atoms with van der Waals surface area (Å²) in [6.07, 6.45) is 7.86. The Bertz CT molecular complexity index is 1740. The number of amides is 3. The third-order valence-corrected chi connectivity index (χ3v) is 10.7. The number of nitrogens with zero attached hydrogens (tertiary/aromatic N) is 2. The minimum atomic E-state index is -4.42. The van der Waals surface area contributed by atoms with Crippen LogP contribution in [0.4, 0.5) is 29.3 Å². The van der Waals surface area contributed by atoms with Gasteiger partial charge in [0.05, 0.1) is 18.7 Å². The number of rotatable bonds is 16.